The van der Waals surface area contributed by atoms with E-state index in [0.717, 1.165) is 11.3 Å². The van der Waals surface area contributed by atoms with E-state index in [1.165, 1.54) is 24.3 Å². The molecule has 0 aliphatic heterocycles. The van der Waals surface area contributed by atoms with Crippen LogP contribution in [-0.4, -0.2) is 32.3 Å². The zero-order valence-corrected chi connectivity index (χ0v) is 14.4. The van der Waals surface area contributed by atoms with Crippen molar-refractivity contribution >= 4 is 11.6 Å². The summed E-state index contributed by atoms with van der Waals surface area (Å²) in [5, 5.41) is 27.7. The lowest BCUT2D eigenvalue weighted by Gasteiger charge is -2.12. The third-order valence-electron chi connectivity index (χ3n) is 4.00. The molecule has 1 heterocycles. The first-order valence-corrected chi connectivity index (χ1v) is 8.31. The number of non-ortho nitro benzene ring substituents is 1. The fourth-order valence-corrected chi connectivity index (χ4v) is 2.57. The molecule has 8 nitrogen and oxygen atoms in total. The van der Waals surface area contributed by atoms with Crippen molar-refractivity contribution in [1.29, 1.82) is 0 Å². The van der Waals surface area contributed by atoms with Crippen LogP contribution in [0.25, 0.3) is 5.69 Å². The lowest BCUT2D eigenvalue weighted by molar-refractivity contribution is -0.384. The summed E-state index contributed by atoms with van der Waals surface area (Å²) in [4.78, 5) is 22.2. The molecule has 3 aromatic rings. The number of amides is 1. The third-order valence-corrected chi connectivity index (χ3v) is 4.00. The highest BCUT2D eigenvalue weighted by Gasteiger charge is 2.13. The molecule has 2 aromatic carbocycles. The van der Waals surface area contributed by atoms with E-state index in [-0.39, 0.29) is 24.6 Å². The second-order valence-corrected chi connectivity index (χ2v) is 5.97. The molecule has 1 atom stereocenters. The first-order valence-electron chi connectivity index (χ1n) is 8.31. The van der Waals surface area contributed by atoms with E-state index in [2.05, 4.69) is 10.4 Å². The van der Waals surface area contributed by atoms with Crippen LogP contribution in [0.2, 0.25) is 0 Å². The van der Waals surface area contributed by atoms with Crippen molar-refractivity contribution in [3.05, 3.63) is 88.2 Å². The Hall–Kier alpha value is -3.52. The molecule has 0 saturated heterocycles. The summed E-state index contributed by atoms with van der Waals surface area (Å²) >= 11 is 0. The topological polar surface area (TPSA) is 110 Å². The van der Waals surface area contributed by atoms with Crippen LogP contribution < -0.4 is 5.32 Å². The SMILES string of the molecule is O=C(Cc1cnn(-c2ccccc2)c1)NCC(O)c1ccc([N+](=O)[O-])cc1. The van der Waals surface area contributed by atoms with Crippen molar-refractivity contribution in [1.82, 2.24) is 15.1 Å². The fourth-order valence-electron chi connectivity index (χ4n) is 2.57. The second-order valence-electron chi connectivity index (χ2n) is 5.97. The summed E-state index contributed by atoms with van der Waals surface area (Å²) in [7, 11) is 0. The predicted octanol–water partition coefficient (Wildman–Crippen LogP) is 2.17. The van der Waals surface area contributed by atoms with E-state index >= 15 is 0 Å². The molecule has 0 aliphatic carbocycles. The Morgan fingerprint density at radius 1 is 1.19 bits per heavy atom. The number of para-hydroxylation sites is 1. The first-order chi connectivity index (χ1) is 13.0. The van der Waals surface area contributed by atoms with E-state index in [9.17, 15) is 20.0 Å². The van der Waals surface area contributed by atoms with E-state index in [1.807, 2.05) is 30.3 Å². The maximum absolute atomic E-state index is 12.1. The molecular formula is C19H18N4O4. The van der Waals surface area contributed by atoms with Gasteiger partial charge in [0, 0.05) is 24.9 Å². The highest BCUT2D eigenvalue weighted by molar-refractivity contribution is 5.78. The van der Waals surface area contributed by atoms with Gasteiger partial charge in [0.2, 0.25) is 5.91 Å². The molecule has 0 fully saturated rings. The minimum Gasteiger partial charge on any atom is -0.387 e. The Balaban J connectivity index is 1.52. The Morgan fingerprint density at radius 2 is 1.89 bits per heavy atom. The van der Waals surface area contributed by atoms with Crippen LogP contribution in [0.1, 0.15) is 17.2 Å². The summed E-state index contributed by atoms with van der Waals surface area (Å²) in [6.07, 6.45) is 2.60. The molecule has 0 aliphatic rings. The van der Waals surface area contributed by atoms with Crippen LogP contribution >= 0.6 is 0 Å². The summed E-state index contributed by atoms with van der Waals surface area (Å²) in [6, 6.07) is 15.1. The van der Waals surface area contributed by atoms with Crippen LogP contribution in [0.3, 0.4) is 0 Å². The molecule has 0 bridgehead atoms. The minimum absolute atomic E-state index is 0.0173. The monoisotopic (exact) mass is 366 g/mol. The number of aliphatic hydroxyl groups is 1. The number of aliphatic hydroxyl groups excluding tert-OH is 1. The number of aromatic nitrogens is 2. The van der Waals surface area contributed by atoms with E-state index in [4.69, 9.17) is 0 Å². The number of rotatable bonds is 7. The average molecular weight is 366 g/mol. The van der Waals surface area contributed by atoms with E-state index < -0.39 is 11.0 Å². The fraction of sp³-hybridized carbons (Fsp3) is 0.158. The lowest BCUT2D eigenvalue weighted by Crippen LogP contribution is -2.29. The van der Waals surface area contributed by atoms with Gasteiger partial charge in [-0.1, -0.05) is 18.2 Å². The molecule has 138 valence electrons. The van der Waals surface area contributed by atoms with Crippen LogP contribution in [0.5, 0.6) is 0 Å². The van der Waals surface area contributed by atoms with Crippen LogP contribution in [0.4, 0.5) is 5.69 Å². The van der Waals surface area contributed by atoms with Gasteiger partial charge in [0.25, 0.3) is 5.69 Å². The maximum atomic E-state index is 12.1. The van der Waals surface area contributed by atoms with Crippen molar-refractivity contribution in [3.8, 4) is 5.69 Å². The van der Waals surface area contributed by atoms with Gasteiger partial charge in [-0.2, -0.15) is 5.10 Å². The summed E-state index contributed by atoms with van der Waals surface area (Å²) in [5.41, 5.74) is 2.10. The number of hydrogen-bond donors (Lipinski definition) is 2. The minimum atomic E-state index is -0.943. The van der Waals surface area contributed by atoms with Crippen molar-refractivity contribution in [2.45, 2.75) is 12.5 Å². The zero-order valence-electron chi connectivity index (χ0n) is 14.4. The van der Waals surface area contributed by atoms with Crippen molar-refractivity contribution in [2.24, 2.45) is 0 Å². The molecule has 1 amide bonds. The summed E-state index contributed by atoms with van der Waals surface area (Å²) < 4.78 is 1.69. The van der Waals surface area contributed by atoms with Gasteiger partial charge in [-0.15, -0.1) is 0 Å². The van der Waals surface area contributed by atoms with Crippen LogP contribution in [-0.2, 0) is 11.2 Å². The highest BCUT2D eigenvalue weighted by atomic mass is 16.6. The third kappa shape index (κ3) is 4.77. The van der Waals surface area contributed by atoms with Crippen LogP contribution in [0, 0.1) is 10.1 Å². The number of nitro groups is 1. The van der Waals surface area contributed by atoms with Crippen molar-refractivity contribution in [3.63, 3.8) is 0 Å². The average Bonchev–Trinajstić information content (AvgIpc) is 3.15. The van der Waals surface area contributed by atoms with Gasteiger partial charge < -0.3 is 10.4 Å². The second kappa shape index (κ2) is 8.24. The van der Waals surface area contributed by atoms with E-state index in [1.54, 1.807) is 17.1 Å². The molecule has 0 spiro atoms. The van der Waals surface area contributed by atoms with Gasteiger partial charge in [0.15, 0.2) is 0 Å². The standard InChI is InChI=1S/C19H18N4O4/c24-18(15-6-8-17(9-7-15)23(26)27)12-20-19(25)10-14-11-21-22(13-14)16-4-2-1-3-5-16/h1-9,11,13,18,24H,10,12H2,(H,20,25). The quantitative estimate of drug-likeness (QED) is 0.492. The molecule has 0 saturated carbocycles. The number of hydrogen-bond acceptors (Lipinski definition) is 5. The number of nitrogens with one attached hydrogen (secondary N) is 1. The maximum Gasteiger partial charge on any atom is 0.269 e. The number of nitro benzene ring substituents is 1. The van der Waals surface area contributed by atoms with Gasteiger partial charge >= 0.3 is 0 Å². The molecule has 3 rings (SSSR count). The summed E-state index contributed by atoms with van der Waals surface area (Å²) in [6.45, 7) is 0.0173. The number of carbonyl (C=O) groups excluding carboxylic acids is 1. The molecule has 1 aromatic heterocycles. The highest BCUT2D eigenvalue weighted by Crippen LogP contribution is 2.17. The van der Waals surface area contributed by atoms with Crippen molar-refractivity contribution in [2.75, 3.05) is 6.54 Å². The Labute approximate surface area is 155 Å². The molecule has 0 radical (unpaired) electrons. The first kappa shape index (κ1) is 18.3. The Kier molecular flexibility index (Phi) is 5.58. The van der Waals surface area contributed by atoms with Gasteiger partial charge in [-0.05, 0) is 35.4 Å². The summed E-state index contributed by atoms with van der Waals surface area (Å²) in [5.74, 6) is -0.247. The molecule has 27 heavy (non-hydrogen) atoms. The number of carbonyl (C=O) groups is 1. The van der Waals surface area contributed by atoms with Crippen LogP contribution in [0.15, 0.2) is 67.0 Å². The molecule has 8 heteroatoms. The Bertz CT molecular complexity index is 922. The normalized spacial score (nSPS) is 11.7. The number of nitrogens with zero attached hydrogens (tertiary/aromatic N) is 3. The predicted molar refractivity (Wildman–Crippen MR) is 98.3 cm³/mol. The van der Waals surface area contributed by atoms with Gasteiger partial charge in [0.1, 0.15) is 0 Å². The van der Waals surface area contributed by atoms with E-state index in [0.29, 0.717) is 5.56 Å². The molecule has 2 N–H and O–H groups in total. The van der Waals surface area contributed by atoms with Gasteiger partial charge in [0.05, 0.1) is 29.3 Å². The molecular weight excluding hydrogens is 348 g/mol. The van der Waals surface area contributed by atoms with Gasteiger partial charge in [-0.3, -0.25) is 14.9 Å². The Morgan fingerprint density at radius 3 is 2.56 bits per heavy atom. The largest absolute Gasteiger partial charge is 0.387 e. The smallest absolute Gasteiger partial charge is 0.269 e. The lowest BCUT2D eigenvalue weighted by atomic mass is 10.1. The number of benzene rings is 2. The van der Waals surface area contributed by atoms with Gasteiger partial charge in [-0.25, -0.2) is 4.68 Å². The molecule has 1 unspecified atom stereocenters. The zero-order chi connectivity index (χ0) is 19.2. The van der Waals surface area contributed by atoms with Crippen molar-refractivity contribution < 1.29 is 14.8 Å².